The molecule has 0 spiro atoms. The zero-order valence-electron chi connectivity index (χ0n) is 6.54. The van der Waals surface area contributed by atoms with Crippen LogP contribution in [-0.2, 0) is 9.59 Å². The van der Waals surface area contributed by atoms with Gasteiger partial charge in [-0.3, -0.25) is 9.59 Å². The Kier molecular flexibility index (Phi) is 1.57. The van der Waals surface area contributed by atoms with E-state index in [-0.39, 0.29) is 17.6 Å². The van der Waals surface area contributed by atoms with E-state index in [0.29, 0.717) is 6.42 Å². The molecule has 1 N–H and O–H groups in total. The first-order valence-corrected chi connectivity index (χ1v) is 3.99. The van der Waals surface area contributed by atoms with E-state index in [1.165, 1.54) is 6.08 Å². The van der Waals surface area contributed by atoms with Gasteiger partial charge in [-0.2, -0.15) is 0 Å². The number of carbonyl (C=O) groups excluding carboxylic acids is 2. The van der Waals surface area contributed by atoms with Crippen molar-refractivity contribution in [3.8, 4) is 0 Å². The van der Waals surface area contributed by atoms with Crippen LogP contribution in [-0.4, -0.2) is 11.7 Å². The third kappa shape index (κ3) is 1.18. The van der Waals surface area contributed by atoms with Gasteiger partial charge in [0.15, 0.2) is 5.78 Å². The molecule has 1 amide bonds. The summed E-state index contributed by atoms with van der Waals surface area (Å²) in [4.78, 5) is 21.8. The van der Waals surface area contributed by atoms with Crippen LogP contribution >= 0.6 is 0 Å². The molecule has 2 rings (SSSR count). The molecular formula is C9H9NO2. The summed E-state index contributed by atoms with van der Waals surface area (Å²) in [5.41, 5.74) is 0.763. The van der Waals surface area contributed by atoms with E-state index in [9.17, 15) is 9.59 Å². The van der Waals surface area contributed by atoms with Crippen LogP contribution in [0.25, 0.3) is 0 Å². The third-order valence-corrected chi connectivity index (χ3v) is 2.16. The van der Waals surface area contributed by atoms with Crippen molar-refractivity contribution in [2.24, 2.45) is 5.92 Å². The van der Waals surface area contributed by atoms with Gasteiger partial charge in [0.25, 0.3) is 0 Å². The lowest BCUT2D eigenvalue weighted by Crippen LogP contribution is -2.33. The highest BCUT2D eigenvalue weighted by Crippen LogP contribution is 2.24. The zero-order chi connectivity index (χ0) is 8.55. The summed E-state index contributed by atoms with van der Waals surface area (Å²) in [6.45, 7) is 0. The Hall–Kier alpha value is -1.38. The Morgan fingerprint density at radius 2 is 2.25 bits per heavy atom. The Morgan fingerprint density at radius 1 is 1.42 bits per heavy atom. The number of nitrogens with one attached hydrogen (secondary N) is 1. The lowest BCUT2D eigenvalue weighted by atomic mass is 9.90. The number of fused-ring (bicyclic) bond motifs is 1. The molecule has 1 aliphatic heterocycles. The summed E-state index contributed by atoms with van der Waals surface area (Å²) < 4.78 is 0. The molecular weight excluding hydrogens is 154 g/mol. The predicted octanol–water partition coefficient (Wildman–Crippen LogP) is 0.535. The zero-order valence-corrected chi connectivity index (χ0v) is 6.54. The molecule has 0 radical (unpaired) electrons. The number of amides is 1. The van der Waals surface area contributed by atoms with Gasteiger partial charge in [0, 0.05) is 24.1 Å². The predicted molar refractivity (Wildman–Crippen MR) is 43.1 cm³/mol. The molecule has 2 aliphatic rings. The fourth-order valence-electron chi connectivity index (χ4n) is 1.51. The number of piperidine rings is 1. The van der Waals surface area contributed by atoms with Crippen molar-refractivity contribution in [1.82, 2.24) is 5.32 Å². The number of allylic oxidation sites excluding steroid dienone is 3. The molecule has 0 aromatic carbocycles. The van der Waals surface area contributed by atoms with E-state index in [4.69, 9.17) is 0 Å². The van der Waals surface area contributed by atoms with Crippen molar-refractivity contribution >= 4 is 11.7 Å². The van der Waals surface area contributed by atoms with Gasteiger partial charge in [-0.05, 0) is 12.5 Å². The SMILES string of the molecule is O=C1C=CC2CCC(=O)NC2=C1. The maximum absolute atomic E-state index is 10.9. The first kappa shape index (κ1) is 7.28. The molecule has 0 aromatic rings. The quantitative estimate of drug-likeness (QED) is 0.566. The van der Waals surface area contributed by atoms with Crippen LogP contribution in [0.3, 0.4) is 0 Å². The molecule has 1 saturated heterocycles. The molecule has 12 heavy (non-hydrogen) atoms. The normalized spacial score (nSPS) is 27.7. The molecule has 1 aliphatic carbocycles. The van der Waals surface area contributed by atoms with Gasteiger partial charge in [0.1, 0.15) is 0 Å². The van der Waals surface area contributed by atoms with E-state index >= 15 is 0 Å². The maximum Gasteiger partial charge on any atom is 0.224 e. The molecule has 0 bridgehead atoms. The first-order chi connectivity index (χ1) is 5.75. The van der Waals surface area contributed by atoms with Crippen LogP contribution in [0.4, 0.5) is 0 Å². The largest absolute Gasteiger partial charge is 0.329 e. The summed E-state index contributed by atoms with van der Waals surface area (Å²) in [6, 6.07) is 0. The Bertz CT molecular complexity index is 302. The second-order valence-corrected chi connectivity index (χ2v) is 3.05. The number of ketones is 1. The minimum absolute atomic E-state index is 0.0144. The number of rotatable bonds is 0. The van der Waals surface area contributed by atoms with E-state index in [1.807, 2.05) is 6.08 Å². The van der Waals surface area contributed by atoms with Crippen molar-refractivity contribution in [2.45, 2.75) is 12.8 Å². The summed E-state index contributed by atoms with van der Waals surface area (Å²) >= 11 is 0. The molecule has 3 nitrogen and oxygen atoms in total. The molecule has 1 heterocycles. The number of hydrogen-bond acceptors (Lipinski definition) is 2. The fraction of sp³-hybridized carbons (Fsp3) is 0.333. The average molecular weight is 163 g/mol. The molecule has 1 unspecified atom stereocenters. The number of hydrogen-bond donors (Lipinski definition) is 1. The lowest BCUT2D eigenvalue weighted by Gasteiger charge is -2.24. The number of carbonyl (C=O) groups is 2. The van der Waals surface area contributed by atoms with E-state index in [0.717, 1.165) is 12.1 Å². The monoisotopic (exact) mass is 163 g/mol. The highest BCUT2D eigenvalue weighted by molar-refractivity contribution is 6.01. The molecule has 62 valence electrons. The van der Waals surface area contributed by atoms with Gasteiger partial charge in [0.05, 0.1) is 0 Å². The summed E-state index contributed by atoms with van der Waals surface area (Å²) in [5, 5.41) is 2.70. The summed E-state index contributed by atoms with van der Waals surface area (Å²) in [7, 11) is 0. The van der Waals surface area contributed by atoms with Crippen molar-refractivity contribution in [1.29, 1.82) is 0 Å². The molecule has 0 aromatic heterocycles. The minimum atomic E-state index is -0.0385. The highest BCUT2D eigenvalue weighted by Gasteiger charge is 2.23. The minimum Gasteiger partial charge on any atom is -0.329 e. The highest BCUT2D eigenvalue weighted by atomic mass is 16.1. The Balaban J connectivity index is 2.24. The Morgan fingerprint density at radius 3 is 3.08 bits per heavy atom. The van der Waals surface area contributed by atoms with E-state index in [1.54, 1.807) is 6.08 Å². The van der Waals surface area contributed by atoms with Crippen LogP contribution in [0, 0.1) is 5.92 Å². The third-order valence-electron chi connectivity index (χ3n) is 2.16. The lowest BCUT2D eigenvalue weighted by molar-refractivity contribution is -0.121. The Labute approximate surface area is 70.1 Å². The van der Waals surface area contributed by atoms with Crippen LogP contribution in [0.1, 0.15) is 12.8 Å². The summed E-state index contributed by atoms with van der Waals surface area (Å²) in [5.74, 6) is 0.226. The van der Waals surface area contributed by atoms with Gasteiger partial charge in [-0.25, -0.2) is 0 Å². The average Bonchev–Trinajstić information content (AvgIpc) is 2.03. The van der Waals surface area contributed by atoms with Crippen molar-refractivity contribution in [3.05, 3.63) is 23.9 Å². The second-order valence-electron chi connectivity index (χ2n) is 3.05. The maximum atomic E-state index is 10.9. The standard InChI is InChI=1S/C9H9NO2/c11-7-3-1-6-2-4-9(12)10-8(6)5-7/h1,3,5-6H,2,4H2,(H,10,12). The van der Waals surface area contributed by atoms with Gasteiger partial charge in [-0.15, -0.1) is 0 Å². The second kappa shape index (κ2) is 2.59. The summed E-state index contributed by atoms with van der Waals surface area (Å²) in [6.07, 6.45) is 6.30. The van der Waals surface area contributed by atoms with Gasteiger partial charge in [-0.1, -0.05) is 6.08 Å². The van der Waals surface area contributed by atoms with E-state index < -0.39 is 0 Å². The smallest absolute Gasteiger partial charge is 0.224 e. The molecule has 1 fully saturated rings. The van der Waals surface area contributed by atoms with Crippen LogP contribution in [0.2, 0.25) is 0 Å². The first-order valence-electron chi connectivity index (χ1n) is 3.99. The topological polar surface area (TPSA) is 46.2 Å². The molecule has 1 atom stereocenters. The van der Waals surface area contributed by atoms with Crippen molar-refractivity contribution in [2.75, 3.05) is 0 Å². The van der Waals surface area contributed by atoms with E-state index in [2.05, 4.69) is 5.32 Å². The van der Waals surface area contributed by atoms with Crippen LogP contribution in [0.5, 0.6) is 0 Å². The van der Waals surface area contributed by atoms with Gasteiger partial charge >= 0.3 is 0 Å². The fourth-order valence-corrected chi connectivity index (χ4v) is 1.51. The molecule has 0 saturated carbocycles. The van der Waals surface area contributed by atoms with Gasteiger partial charge in [0.2, 0.25) is 5.91 Å². The van der Waals surface area contributed by atoms with Crippen LogP contribution < -0.4 is 5.32 Å². The van der Waals surface area contributed by atoms with Crippen molar-refractivity contribution < 1.29 is 9.59 Å². The molecule has 3 heteroatoms. The van der Waals surface area contributed by atoms with Crippen molar-refractivity contribution in [3.63, 3.8) is 0 Å². The van der Waals surface area contributed by atoms with Gasteiger partial charge < -0.3 is 5.32 Å². The van der Waals surface area contributed by atoms with Crippen LogP contribution in [0.15, 0.2) is 23.9 Å².